The van der Waals surface area contributed by atoms with E-state index in [4.69, 9.17) is 0 Å². The molecule has 1 aliphatic heterocycles. The minimum Gasteiger partial charge on any atom is -0.367 e. The second-order valence-corrected chi connectivity index (χ2v) is 4.10. The third-order valence-corrected chi connectivity index (χ3v) is 2.62. The van der Waals surface area contributed by atoms with Crippen LogP contribution in [-0.4, -0.2) is 19.3 Å². The molecule has 0 radical (unpaired) electrons. The van der Waals surface area contributed by atoms with Crippen LogP contribution >= 0.6 is 0 Å². The van der Waals surface area contributed by atoms with Gasteiger partial charge in [0.15, 0.2) is 0 Å². The smallest absolute Gasteiger partial charge is 0.0863 e. The van der Waals surface area contributed by atoms with Crippen molar-refractivity contribution in [3.63, 3.8) is 0 Å². The average Bonchev–Trinajstić information content (AvgIpc) is 2.31. The highest BCUT2D eigenvalue weighted by molar-refractivity contribution is 5.96. The van der Waals surface area contributed by atoms with Crippen LogP contribution in [0.3, 0.4) is 0 Å². The van der Waals surface area contributed by atoms with Gasteiger partial charge in [-0.3, -0.25) is 4.99 Å². The fraction of sp³-hybridized carbons (Fsp3) is 0.500. The Morgan fingerprint density at radius 3 is 2.44 bits per heavy atom. The highest BCUT2D eigenvalue weighted by Crippen LogP contribution is 2.31. The second kappa shape index (κ2) is 5.69. The molecule has 0 aliphatic carbocycles. The Bertz CT molecular complexity index is 367. The molecule has 0 aromatic heterocycles. The van der Waals surface area contributed by atoms with Crippen LogP contribution < -0.4 is 4.90 Å². The molecule has 2 nitrogen and oxygen atoms in total. The van der Waals surface area contributed by atoms with Crippen LogP contribution in [0.2, 0.25) is 0 Å². The summed E-state index contributed by atoms with van der Waals surface area (Å²) in [5.41, 5.74) is 3.60. The van der Waals surface area contributed by atoms with Crippen molar-refractivity contribution in [1.29, 1.82) is 0 Å². The van der Waals surface area contributed by atoms with Crippen LogP contribution in [0.1, 0.15) is 27.7 Å². The predicted octanol–water partition coefficient (Wildman–Crippen LogP) is 3.89. The van der Waals surface area contributed by atoms with Crippen molar-refractivity contribution >= 4 is 17.1 Å². The van der Waals surface area contributed by atoms with E-state index in [2.05, 4.69) is 49.0 Å². The highest BCUT2D eigenvalue weighted by atomic mass is 15.1. The molecule has 88 valence electrons. The number of nitrogens with zero attached hydrogens (tertiary/aromatic N) is 2. The molecule has 1 aromatic carbocycles. The largest absolute Gasteiger partial charge is 0.367 e. The van der Waals surface area contributed by atoms with Gasteiger partial charge < -0.3 is 4.90 Å². The molecule has 1 aromatic rings. The Hall–Kier alpha value is -1.31. The Balaban J connectivity index is 0.000000606. The fourth-order valence-corrected chi connectivity index (χ4v) is 1.71. The van der Waals surface area contributed by atoms with Crippen molar-refractivity contribution < 1.29 is 0 Å². The van der Waals surface area contributed by atoms with Gasteiger partial charge in [0.05, 0.1) is 17.9 Å². The molecule has 0 unspecified atom stereocenters. The highest BCUT2D eigenvalue weighted by Gasteiger charge is 2.17. The van der Waals surface area contributed by atoms with Crippen LogP contribution in [0.25, 0.3) is 0 Å². The number of anilines is 1. The quantitative estimate of drug-likeness (QED) is 0.698. The van der Waals surface area contributed by atoms with Gasteiger partial charge >= 0.3 is 0 Å². The number of benzene rings is 1. The van der Waals surface area contributed by atoms with Gasteiger partial charge in [0.2, 0.25) is 0 Å². The summed E-state index contributed by atoms with van der Waals surface area (Å²) in [7, 11) is 2.12. The molecule has 0 amide bonds. The zero-order valence-corrected chi connectivity index (χ0v) is 11.0. The van der Waals surface area contributed by atoms with Crippen molar-refractivity contribution in [3.05, 3.63) is 24.3 Å². The molecule has 0 saturated heterocycles. The summed E-state index contributed by atoms with van der Waals surface area (Å²) in [6.45, 7) is 9.34. The third-order valence-electron chi connectivity index (χ3n) is 2.62. The average molecular weight is 218 g/mol. The maximum Gasteiger partial charge on any atom is 0.0863 e. The summed E-state index contributed by atoms with van der Waals surface area (Å²) in [4.78, 5) is 6.93. The van der Waals surface area contributed by atoms with E-state index >= 15 is 0 Å². The normalized spacial score (nSPS) is 13.9. The summed E-state index contributed by atoms with van der Waals surface area (Å²) in [5.74, 6) is 0.533. The van der Waals surface area contributed by atoms with Gasteiger partial charge in [-0.05, 0) is 18.1 Å². The SMILES string of the molecule is CC.CC(C)C1=Nc2ccccc2N(C)C1. The number of aliphatic imine (C=N–C) groups is 1. The van der Waals surface area contributed by atoms with Gasteiger partial charge in [-0.25, -0.2) is 0 Å². The van der Waals surface area contributed by atoms with E-state index in [0.29, 0.717) is 5.92 Å². The number of hydrogen-bond acceptors (Lipinski definition) is 2. The molecule has 1 heterocycles. The topological polar surface area (TPSA) is 15.6 Å². The molecule has 0 fully saturated rings. The van der Waals surface area contributed by atoms with Crippen molar-refractivity contribution in [3.8, 4) is 0 Å². The molecule has 0 spiro atoms. The molecular weight excluding hydrogens is 196 g/mol. The molecule has 0 atom stereocenters. The molecule has 2 heteroatoms. The third kappa shape index (κ3) is 2.63. The van der Waals surface area contributed by atoms with E-state index in [1.54, 1.807) is 0 Å². The summed E-state index contributed by atoms with van der Waals surface area (Å²) >= 11 is 0. The fourth-order valence-electron chi connectivity index (χ4n) is 1.71. The first-order valence-corrected chi connectivity index (χ1v) is 6.06. The van der Waals surface area contributed by atoms with Crippen molar-refractivity contribution in [2.45, 2.75) is 27.7 Å². The van der Waals surface area contributed by atoms with Gasteiger partial charge in [0, 0.05) is 12.8 Å². The van der Waals surface area contributed by atoms with Gasteiger partial charge in [0.25, 0.3) is 0 Å². The maximum absolute atomic E-state index is 4.67. The maximum atomic E-state index is 4.67. The molecule has 16 heavy (non-hydrogen) atoms. The van der Waals surface area contributed by atoms with Gasteiger partial charge in [-0.1, -0.05) is 39.8 Å². The van der Waals surface area contributed by atoms with Crippen LogP contribution in [0.4, 0.5) is 11.4 Å². The van der Waals surface area contributed by atoms with Crippen LogP contribution in [-0.2, 0) is 0 Å². The molecule has 0 N–H and O–H groups in total. The van der Waals surface area contributed by atoms with E-state index in [1.807, 2.05) is 19.9 Å². The van der Waals surface area contributed by atoms with E-state index in [9.17, 15) is 0 Å². The summed E-state index contributed by atoms with van der Waals surface area (Å²) in [6.07, 6.45) is 0. The van der Waals surface area contributed by atoms with Gasteiger partial charge in [0.1, 0.15) is 0 Å². The van der Waals surface area contributed by atoms with E-state index in [1.165, 1.54) is 11.4 Å². The molecule has 0 bridgehead atoms. The Morgan fingerprint density at radius 1 is 1.19 bits per heavy atom. The summed E-state index contributed by atoms with van der Waals surface area (Å²) in [6, 6.07) is 8.30. The van der Waals surface area contributed by atoms with E-state index < -0.39 is 0 Å². The van der Waals surface area contributed by atoms with E-state index in [0.717, 1.165) is 12.2 Å². The number of hydrogen-bond donors (Lipinski definition) is 0. The summed E-state index contributed by atoms with van der Waals surface area (Å²) < 4.78 is 0. The molecule has 2 rings (SSSR count). The lowest BCUT2D eigenvalue weighted by molar-refractivity contribution is 0.844. The zero-order chi connectivity index (χ0) is 12.1. The van der Waals surface area contributed by atoms with Crippen LogP contribution in [0.15, 0.2) is 29.3 Å². The minimum absolute atomic E-state index is 0.533. The van der Waals surface area contributed by atoms with Crippen LogP contribution in [0, 0.1) is 5.92 Å². The van der Waals surface area contributed by atoms with Crippen molar-refractivity contribution in [2.24, 2.45) is 10.9 Å². The van der Waals surface area contributed by atoms with Crippen LogP contribution in [0.5, 0.6) is 0 Å². The number of rotatable bonds is 1. The Labute approximate surface area is 99.0 Å². The first-order valence-electron chi connectivity index (χ1n) is 6.06. The predicted molar refractivity (Wildman–Crippen MR) is 73.0 cm³/mol. The lowest BCUT2D eigenvalue weighted by Gasteiger charge is -2.28. The Morgan fingerprint density at radius 2 is 1.81 bits per heavy atom. The monoisotopic (exact) mass is 218 g/mol. The first-order chi connectivity index (χ1) is 7.68. The lowest BCUT2D eigenvalue weighted by Crippen LogP contribution is -2.31. The van der Waals surface area contributed by atoms with E-state index in [-0.39, 0.29) is 0 Å². The van der Waals surface area contributed by atoms with Crippen molar-refractivity contribution in [2.75, 3.05) is 18.5 Å². The second-order valence-electron chi connectivity index (χ2n) is 4.10. The molecule has 1 aliphatic rings. The first kappa shape index (κ1) is 12.8. The Kier molecular flexibility index (Phi) is 4.53. The lowest BCUT2D eigenvalue weighted by atomic mass is 10.1. The standard InChI is InChI=1S/C12H16N2.C2H6/c1-9(2)11-8-14(3)12-7-5-4-6-10(12)13-11;1-2/h4-7,9H,8H2,1-3H3;1-2H3. The minimum atomic E-state index is 0.533. The number of fused-ring (bicyclic) bond motifs is 1. The molecule has 0 saturated carbocycles. The summed E-state index contributed by atoms with van der Waals surface area (Å²) in [5, 5.41) is 0. The molecular formula is C14H22N2. The van der Waals surface area contributed by atoms with Gasteiger partial charge in [-0.15, -0.1) is 0 Å². The number of para-hydroxylation sites is 2. The zero-order valence-electron chi connectivity index (χ0n) is 11.0. The van der Waals surface area contributed by atoms with Crippen molar-refractivity contribution in [1.82, 2.24) is 0 Å². The van der Waals surface area contributed by atoms with Gasteiger partial charge in [-0.2, -0.15) is 0 Å².